The summed E-state index contributed by atoms with van der Waals surface area (Å²) in [4.78, 5) is 5.33. The number of hydrogen-bond acceptors (Lipinski definition) is 5. The van der Waals surface area contributed by atoms with Crippen LogP contribution in [-0.4, -0.2) is 10.1 Å². The van der Waals surface area contributed by atoms with E-state index in [2.05, 4.69) is 26.1 Å². The Morgan fingerprint density at radius 3 is 2.90 bits per heavy atom. The van der Waals surface area contributed by atoms with Crippen molar-refractivity contribution in [1.29, 1.82) is 0 Å². The molecule has 0 fully saturated rings. The van der Waals surface area contributed by atoms with E-state index in [0.717, 1.165) is 14.9 Å². The van der Waals surface area contributed by atoms with Crippen molar-refractivity contribution in [3.63, 3.8) is 0 Å². The molecule has 2 aromatic heterocycles. The maximum absolute atomic E-state index is 6.09. The van der Waals surface area contributed by atoms with Crippen LogP contribution in [0.15, 0.2) is 44.7 Å². The predicted octanol–water partition coefficient (Wildman–Crippen LogP) is 4.26. The van der Waals surface area contributed by atoms with Crippen LogP contribution in [0.2, 0.25) is 5.02 Å². The van der Waals surface area contributed by atoms with E-state index in [4.69, 9.17) is 21.9 Å². The van der Waals surface area contributed by atoms with Gasteiger partial charge in [0.05, 0.1) is 5.02 Å². The molecule has 20 heavy (non-hydrogen) atoms. The van der Waals surface area contributed by atoms with E-state index in [9.17, 15) is 0 Å². The first-order valence-corrected chi connectivity index (χ1v) is 7.78. The van der Waals surface area contributed by atoms with Gasteiger partial charge in [-0.2, -0.15) is 4.98 Å². The summed E-state index contributed by atoms with van der Waals surface area (Å²) < 4.78 is 6.03. The maximum atomic E-state index is 6.09. The number of hydrogen-bond donors (Lipinski definition) is 1. The summed E-state index contributed by atoms with van der Waals surface area (Å²) in [7, 11) is 0. The maximum Gasteiger partial charge on any atom is 0.249 e. The summed E-state index contributed by atoms with van der Waals surface area (Å²) in [6, 6.07) is 8.93. The van der Waals surface area contributed by atoms with Crippen molar-refractivity contribution in [2.45, 2.75) is 6.04 Å². The van der Waals surface area contributed by atoms with E-state index in [0.29, 0.717) is 16.7 Å². The van der Waals surface area contributed by atoms with Crippen LogP contribution in [0.3, 0.4) is 0 Å². The molecule has 4 nitrogen and oxygen atoms in total. The zero-order valence-corrected chi connectivity index (χ0v) is 13.2. The fraction of sp³-hybridized carbons (Fsp3) is 0.0769. The van der Waals surface area contributed by atoms with E-state index in [1.807, 2.05) is 29.6 Å². The molecule has 2 heterocycles. The second-order valence-corrected chi connectivity index (χ2v) is 6.32. The Morgan fingerprint density at radius 1 is 1.35 bits per heavy atom. The molecular formula is C13H9BrClN3OS. The van der Waals surface area contributed by atoms with Gasteiger partial charge in [0.2, 0.25) is 11.7 Å². The van der Waals surface area contributed by atoms with Crippen LogP contribution in [0.5, 0.6) is 0 Å². The highest BCUT2D eigenvalue weighted by atomic mass is 79.9. The lowest BCUT2D eigenvalue weighted by molar-refractivity contribution is 0.368. The second-order valence-electron chi connectivity index (χ2n) is 4.08. The van der Waals surface area contributed by atoms with E-state index in [1.54, 1.807) is 17.4 Å². The van der Waals surface area contributed by atoms with Crippen molar-refractivity contribution < 1.29 is 4.52 Å². The molecule has 0 saturated heterocycles. The van der Waals surface area contributed by atoms with Gasteiger partial charge in [0.15, 0.2) is 0 Å². The van der Waals surface area contributed by atoms with Gasteiger partial charge in [-0.25, -0.2) is 0 Å². The molecule has 1 aromatic carbocycles. The van der Waals surface area contributed by atoms with Crippen molar-refractivity contribution in [1.82, 2.24) is 10.1 Å². The molecule has 0 bridgehead atoms. The molecule has 1 unspecified atom stereocenters. The number of aromatic nitrogens is 2. The predicted molar refractivity (Wildman–Crippen MR) is 82.8 cm³/mol. The minimum absolute atomic E-state index is 0.396. The Bertz CT molecular complexity index is 729. The number of benzene rings is 1. The molecule has 0 spiro atoms. The topological polar surface area (TPSA) is 64.9 Å². The monoisotopic (exact) mass is 369 g/mol. The van der Waals surface area contributed by atoms with Gasteiger partial charge in [0.25, 0.3) is 0 Å². The zero-order valence-electron chi connectivity index (χ0n) is 10.1. The smallest absolute Gasteiger partial charge is 0.249 e. The summed E-state index contributed by atoms with van der Waals surface area (Å²) in [5.74, 6) is 0.887. The third-order valence-electron chi connectivity index (χ3n) is 2.74. The highest BCUT2D eigenvalue weighted by molar-refractivity contribution is 9.10. The SMILES string of the molecule is NC(c1nc(-c2ccc(Cl)c(Br)c2)no1)c1cccs1. The summed E-state index contributed by atoms with van der Waals surface area (Å²) >= 11 is 10.9. The van der Waals surface area contributed by atoms with Gasteiger partial charge >= 0.3 is 0 Å². The summed E-state index contributed by atoms with van der Waals surface area (Å²) in [6.45, 7) is 0. The van der Waals surface area contributed by atoms with Crippen LogP contribution in [0.1, 0.15) is 16.8 Å². The van der Waals surface area contributed by atoms with Gasteiger partial charge in [0.1, 0.15) is 6.04 Å². The lowest BCUT2D eigenvalue weighted by Gasteiger charge is -2.02. The van der Waals surface area contributed by atoms with Gasteiger partial charge in [-0.15, -0.1) is 11.3 Å². The molecule has 3 aromatic rings. The zero-order chi connectivity index (χ0) is 14.1. The fourth-order valence-corrected chi connectivity index (χ4v) is 2.92. The third kappa shape index (κ3) is 2.64. The van der Waals surface area contributed by atoms with Crippen molar-refractivity contribution in [2.24, 2.45) is 5.73 Å². The Hall–Kier alpha value is -1.21. The highest BCUT2D eigenvalue weighted by Gasteiger charge is 2.18. The molecule has 0 aliphatic carbocycles. The number of halogens is 2. The number of thiophene rings is 1. The molecule has 2 N–H and O–H groups in total. The standard InChI is InChI=1S/C13H9BrClN3OS/c14-8-6-7(3-4-9(8)15)12-17-13(19-18-12)11(16)10-2-1-5-20-10/h1-6,11H,16H2. The largest absolute Gasteiger partial charge is 0.337 e. The molecule has 1 atom stereocenters. The summed E-state index contributed by atoms with van der Waals surface area (Å²) in [6.07, 6.45) is 0. The van der Waals surface area contributed by atoms with Crippen LogP contribution in [0.25, 0.3) is 11.4 Å². The van der Waals surface area contributed by atoms with Gasteiger partial charge in [-0.1, -0.05) is 22.8 Å². The Labute approximate surface area is 132 Å². The average molecular weight is 371 g/mol. The lowest BCUT2D eigenvalue weighted by Crippen LogP contribution is -2.10. The van der Waals surface area contributed by atoms with E-state index >= 15 is 0 Å². The molecule has 0 aliphatic heterocycles. The Kier molecular flexibility index (Phi) is 3.89. The first-order chi connectivity index (χ1) is 9.65. The van der Waals surface area contributed by atoms with Crippen molar-refractivity contribution in [2.75, 3.05) is 0 Å². The molecule has 102 valence electrons. The normalized spacial score (nSPS) is 12.6. The molecule has 0 amide bonds. The van der Waals surface area contributed by atoms with Crippen LogP contribution < -0.4 is 5.73 Å². The quantitative estimate of drug-likeness (QED) is 0.748. The first-order valence-electron chi connectivity index (χ1n) is 5.73. The molecule has 0 saturated carbocycles. The molecule has 0 radical (unpaired) electrons. The molecule has 7 heteroatoms. The molecule has 3 rings (SSSR count). The van der Waals surface area contributed by atoms with E-state index < -0.39 is 6.04 Å². The summed E-state index contributed by atoms with van der Waals surface area (Å²) in [5, 5.41) is 6.56. The second kappa shape index (κ2) is 5.65. The minimum Gasteiger partial charge on any atom is -0.337 e. The number of rotatable bonds is 3. The van der Waals surface area contributed by atoms with Crippen molar-refractivity contribution >= 4 is 38.9 Å². The van der Waals surface area contributed by atoms with Crippen LogP contribution in [0, 0.1) is 0 Å². The number of nitrogens with two attached hydrogens (primary N) is 1. The van der Waals surface area contributed by atoms with Crippen LogP contribution >= 0.6 is 38.9 Å². The number of nitrogens with zero attached hydrogens (tertiary/aromatic N) is 2. The highest BCUT2D eigenvalue weighted by Crippen LogP contribution is 2.29. The Morgan fingerprint density at radius 2 is 2.20 bits per heavy atom. The lowest BCUT2D eigenvalue weighted by atomic mass is 10.2. The molecule has 0 aliphatic rings. The Balaban J connectivity index is 1.92. The van der Waals surface area contributed by atoms with Crippen molar-refractivity contribution in [3.05, 3.63) is 56.0 Å². The fourth-order valence-electron chi connectivity index (χ4n) is 1.70. The van der Waals surface area contributed by atoms with Crippen LogP contribution in [0.4, 0.5) is 0 Å². The molecular weight excluding hydrogens is 362 g/mol. The van der Waals surface area contributed by atoms with E-state index in [1.165, 1.54) is 0 Å². The van der Waals surface area contributed by atoms with Crippen LogP contribution in [-0.2, 0) is 0 Å². The van der Waals surface area contributed by atoms with Gasteiger partial charge in [-0.05, 0) is 45.6 Å². The minimum atomic E-state index is -0.396. The van der Waals surface area contributed by atoms with Gasteiger partial charge < -0.3 is 10.3 Å². The third-order valence-corrected chi connectivity index (χ3v) is 4.90. The average Bonchev–Trinajstić information content (AvgIpc) is 3.11. The van der Waals surface area contributed by atoms with E-state index in [-0.39, 0.29) is 0 Å². The first kappa shape index (κ1) is 13.8. The summed E-state index contributed by atoms with van der Waals surface area (Å²) in [5.41, 5.74) is 6.90. The van der Waals surface area contributed by atoms with Crippen molar-refractivity contribution in [3.8, 4) is 11.4 Å². The van der Waals surface area contributed by atoms with Gasteiger partial charge in [-0.3, -0.25) is 0 Å². The van der Waals surface area contributed by atoms with Gasteiger partial charge in [0, 0.05) is 14.9 Å².